The molecule has 0 radical (unpaired) electrons. The zero-order valence-electron chi connectivity index (χ0n) is 12.0. The summed E-state index contributed by atoms with van der Waals surface area (Å²) in [6, 6.07) is 0. The Morgan fingerprint density at radius 1 is 1.16 bits per heavy atom. The van der Waals surface area contributed by atoms with Crippen molar-refractivity contribution in [3.63, 3.8) is 0 Å². The molecule has 0 amide bonds. The normalized spacial score (nSPS) is 30.4. The quantitative estimate of drug-likeness (QED) is 0.810. The molecule has 1 heterocycles. The SMILES string of the molecule is CC1CNCCC1CNS(=O)(=O)CC1CCCCC1. The van der Waals surface area contributed by atoms with E-state index in [1.807, 2.05) is 0 Å². The average molecular weight is 288 g/mol. The molecule has 1 saturated heterocycles. The molecule has 112 valence electrons. The number of hydrogen-bond acceptors (Lipinski definition) is 3. The number of hydrogen-bond donors (Lipinski definition) is 2. The van der Waals surface area contributed by atoms with Gasteiger partial charge in [0.15, 0.2) is 0 Å². The maximum Gasteiger partial charge on any atom is 0.211 e. The molecule has 0 aromatic carbocycles. The maximum atomic E-state index is 12.1. The van der Waals surface area contributed by atoms with E-state index in [0.717, 1.165) is 32.4 Å². The van der Waals surface area contributed by atoms with Gasteiger partial charge in [-0.2, -0.15) is 0 Å². The van der Waals surface area contributed by atoms with Crippen LogP contribution in [0.4, 0.5) is 0 Å². The number of nitrogens with one attached hydrogen (secondary N) is 2. The zero-order chi connectivity index (χ0) is 13.7. The van der Waals surface area contributed by atoms with E-state index < -0.39 is 10.0 Å². The van der Waals surface area contributed by atoms with Crippen molar-refractivity contribution in [3.8, 4) is 0 Å². The lowest BCUT2D eigenvalue weighted by molar-refractivity contribution is 0.274. The second-order valence-electron chi connectivity index (χ2n) is 6.36. The molecule has 1 aliphatic heterocycles. The summed E-state index contributed by atoms with van der Waals surface area (Å²) in [5.74, 6) is 1.78. The lowest BCUT2D eigenvalue weighted by atomic mass is 9.88. The molecule has 2 rings (SSSR count). The van der Waals surface area contributed by atoms with Gasteiger partial charge in [0.1, 0.15) is 0 Å². The van der Waals surface area contributed by atoms with Crippen molar-refractivity contribution in [2.45, 2.75) is 45.4 Å². The Hall–Kier alpha value is -0.130. The van der Waals surface area contributed by atoms with E-state index in [-0.39, 0.29) is 0 Å². The molecule has 1 saturated carbocycles. The molecule has 0 aromatic heterocycles. The van der Waals surface area contributed by atoms with Crippen molar-refractivity contribution in [1.82, 2.24) is 10.0 Å². The fraction of sp³-hybridized carbons (Fsp3) is 1.00. The number of sulfonamides is 1. The lowest BCUT2D eigenvalue weighted by Gasteiger charge is -2.30. The van der Waals surface area contributed by atoms with E-state index in [2.05, 4.69) is 17.0 Å². The Kier molecular flexibility index (Phi) is 5.66. The van der Waals surface area contributed by atoms with Crippen molar-refractivity contribution in [3.05, 3.63) is 0 Å². The van der Waals surface area contributed by atoms with Gasteiger partial charge < -0.3 is 5.32 Å². The summed E-state index contributed by atoms with van der Waals surface area (Å²) in [6.45, 7) is 4.85. The molecule has 0 aromatic rings. The minimum atomic E-state index is -3.07. The first-order valence-corrected chi connectivity index (χ1v) is 9.40. The van der Waals surface area contributed by atoms with Gasteiger partial charge in [0, 0.05) is 6.54 Å². The van der Waals surface area contributed by atoms with Crippen molar-refractivity contribution >= 4 is 10.0 Å². The number of rotatable bonds is 5. The third kappa shape index (κ3) is 5.04. The topological polar surface area (TPSA) is 58.2 Å². The average Bonchev–Trinajstić information content (AvgIpc) is 2.38. The monoisotopic (exact) mass is 288 g/mol. The molecule has 2 atom stereocenters. The van der Waals surface area contributed by atoms with Gasteiger partial charge in [-0.1, -0.05) is 26.2 Å². The van der Waals surface area contributed by atoms with Gasteiger partial charge in [0.25, 0.3) is 0 Å². The van der Waals surface area contributed by atoms with Crippen molar-refractivity contribution in [2.75, 3.05) is 25.4 Å². The molecule has 2 N–H and O–H groups in total. The maximum absolute atomic E-state index is 12.1. The summed E-state index contributed by atoms with van der Waals surface area (Å²) in [4.78, 5) is 0. The largest absolute Gasteiger partial charge is 0.316 e. The predicted octanol–water partition coefficient (Wildman–Crippen LogP) is 1.73. The van der Waals surface area contributed by atoms with Crippen LogP contribution >= 0.6 is 0 Å². The van der Waals surface area contributed by atoms with Gasteiger partial charge in [-0.3, -0.25) is 0 Å². The minimum Gasteiger partial charge on any atom is -0.316 e. The second kappa shape index (κ2) is 7.04. The predicted molar refractivity (Wildman–Crippen MR) is 78.5 cm³/mol. The van der Waals surface area contributed by atoms with E-state index >= 15 is 0 Å². The van der Waals surface area contributed by atoms with Crippen LogP contribution in [0.15, 0.2) is 0 Å². The molecule has 1 aliphatic carbocycles. The number of piperidine rings is 1. The Morgan fingerprint density at radius 3 is 2.58 bits per heavy atom. The van der Waals surface area contributed by atoms with Crippen LogP contribution in [0.2, 0.25) is 0 Å². The summed E-state index contributed by atoms with van der Waals surface area (Å²) in [6.07, 6.45) is 6.93. The van der Waals surface area contributed by atoms with E-state index in [9.17, 15) is 8.42 Å². The molecule has 19 heavy (non-hydrogen) atoms. The van der Waals surface area contributed by atoms with Crippen molar-refractivity contribution in [2.24, 2.45) is 17.8 Å². The van der Waals surface area contributed by atoms with Crippen LogP contribution in [0, 0.1) is 17.8 Å². The van der Waals surface area contributed by atoms with Gasteiger partial charge >= 0.3 is 0 Å². The summed E-state index contributed by atoms with van der Waals surface area (Å²) < 4.78 is 27.1. The summed E-state index contributed by atoms with van der Waals surface area (Å²) in [5, 5.41) is 3.35. The third-order valence-electron chi connectivity index (χ3n) is 4.71. The summed E-state index contributed by atoms with van der Waals surface area (Å²) >= 11 is 0. The van der Waals surface area contributed by atoms with Gasteiger partial charge in [-0.15, -0.1) is 0 Å². The molecular formula is C14H28N2O2S. The van der Waals surface area contributed by atoms with Crippen LogP contribution in [0.1, 0.15) is 45.4 Å². The highest BCUT2D eigenvalue weighted by Gasteiger charge is 2.25. The molecule has 2 aliphatic rings. The van der Waals surface area contributed by atoms with Gasteiger partial charge in [-0.05, 0) is 50.1 Å². The molecule has 0 spiro atoms. The van der Waals surface area contributed by atoms with Crippen LogP contribution in [-0.4, -0.2) is 33.8 Å². The summed E-state index contributed by atoms with van der Waals surface area (Å²) in [5.41, 5.74) is 0. The minimum absolute atomic E-state index is 0.340. The summed E-state index contributed by atoms with van der Waals surface area (Å²) in [7, 11) is -3.07. The van der Waals surface area contributed by atoms with Crippen LogP contribution in [0.3, 0.4) is 0 Å². The first-order valence-electron chi connectivity index (χ1n) is 7.75. The van der Waals surface area contributed by atoms with Crippen molar-refractivity contribution < 1.29 is 8.42 Å². The van der Waals surface area contributed by atoms with E-state index in [4.69, 9.17) is 0 Å². The fourth-order valence-electron chi connectivity index (χ4n) is 3.33. The Labute approximate surface area is 117 Å². The highest BCUT2D eigenvalue weighted by Crippen LogP contribution is 2.25. The Morgan fingerprint density at radius 2 is 1.89 bits per heavy atom. The Balaban J connectivity index is 1.76. The lowest BCUT2D eigenvalue weighted by Crippen LogP contribution is -2.42. The van der Waals surface area contributed by atoms with Gasteiger partial charge in [-0.25, -0.2) is 13.1 Å². The molecular weight excluding hydrogens is 260 g/mol. The van der Waals surface area contributed by atoms with Gasteiger partial charge in [0.2, 0.25) is 10.0 Å². The first kappa shape index (κ1) is 15.3. The molecule has 5 heteroatoms. The van der Waals surface area contributed by atoms with E-state index in [0.29, 0.717) is 30.1 Å². The molecule has 2 unspecified atom stereocenters. The highest BCUT2D eigenvalue weighted by molar-refractivity contribution is 7.89. The highest BCUT2D eigenvalue weighted by atomic mass is 32.2. The molecule has 2 fully saturated rings. The standard InChI is InChI=1S/C14H28N2O2S/c1-12-9-15-8-7-14(12)10-16-19(17,18)11-13-5-3-2-4-6-13/h12-16H,2-11H2,1H3. The van der Waals surface area contributed by atoms with Crippen LogP contribution in [0.5, 0.6) is 0 Å². The van der Waals surface area contributed by atoms with Crippen LogP contribution < -0.4 is 10.0 Å². The van der Waals surface area contributed by atoms with Crippen LogP contribution in [0.25, 0.3) is 0 Å². The first-order chi connectivity index (χ1) is 9.07. The Bertz CT molecular complexity index is 364. The van der Waals surface area contributed by atoms with Crippen LogP contribution in [-0.2, 0) is 10.0 Å². The van der Waals surface area contributed by atoms with Gasteiger partial charge in [0.05, 0.1) is 5.75 Å². The smallest absolute Gasteiger partial charge is 0.211 e. The second-order valence-corrected chi connectivity index (χ2v) is 8.22. The fourth-order valence-corrected chi connectivity index (χ4v) is 4.87. The third-order valence-corrected chi connectivity index (χ3v) is 6.22. The van der Waals surface area contributed by atoms with Crippen molar-refractivity contribution in [1.29, 1.82) is 0 Å². The van der Waals surface area contributed by atoms with E-state index in [1.54, 1.807) is 0 Å². The van der Waals surface area contributed by atoms with E-state index in [1.165, 1.54) is 19.3 Å². The zero-order valence-corrected chi connectivity index (χ0v) is 12.8. The molecule has 4 nitrogen and oxygen atoms in total. The molecule has 0 bridgehead atoms.